The Labute approximate surface area is 211 Å². The molecule has 0 aromatic heterocycles. The van der Waals surface area contributed by atoms with Gasteiger partial charge in [-0.1, -0.05) is 67.9 Å². The van der Waals surface area contributed by atoms with Gasteiger partial charge in [-0.25, -0.2) is 9.59 Å². The molecule has 1 saturated heterocycles. The maximum Gasteiger partial charge on any atom is 0.347 e. The Bertz CT molecular complexity index is 1020. The summed E-state index contributed by atoms with van der Waals surface area (Å²) in [5.41, 5.74) is 0.0457. The van der Waals surface area contributed by atoms with Crippen molar-refractivity contribution < 1.29 is 14.8 Å². The number of carbonyl (C=O) groups excluding carboxylic acids is 2. The van der Waals surface area contributed by atoms with Crippen LogP contribution in [0.15, 0.2) is 48.5 Å². The second-order valence-corrected chi connectivity index (χ2v) is 9.88. The number of rotatable bonds is 9. The number of urea groups is 2. The summed E-state index contributed by atoms with van der Waals surface area (Å²) in [6, 6.07) is 12.4. The topological polar surface area (TPSA) is 76.1 Å². The zero-order chi connectivity index (χ0) is 24.9. The molecule has 3 rings (SSSR count). The van der Waals surface area contributed by atoms with Crippen LogP contribution in [0.2, 0.25) is 10.0 Å². The summed E-state index contributed by atoms with van der Waals surface area (Å²) in [6.45, 7) is 6.38. The molecular weight excluding hydrogens is 475 g/mol. The van der Waals surface area contributed by atoms with E-state index in [1.54, 1.807) is 53.4 Å². The molecule has 4 amide bonds. The number of carbonyl (C=O) groups is 2. The van der Waals surface area contributed by atoms with Crippen LogP contribution in [0.25, 0.3) is 0 Å². The molecule has 0 saturated carbocycles. The summed E-state index contributed by atoms with van der Waals surface area (Å²) < 4.78 is 0. The van der Waals surface area contributed by atoms with Gasteiger partial charge in [0.2, 0.25) is 0 Å². The Hall–Kier alpha value is -2.48. The third kappa shape index (κ3) is 5.77. The number of amides is 4. The molecule has 34 heavy (non-hydrogen) atoms. The maximum atomic E-state index is 13.6. The number of hydrogen-bond donors (Lipinski definition) is 2. The summed E-state index contributed by atoms with van der Waals surface area (Å²) in [7, 11) is 0. The average molecular weight is 507 g/mol. The second kappa shape index (κ2) is 11.3. The van der Waals surface area contributed by atoms with Gasteiger partial charge < -0.3 is 10.2 Å². The average Bonchev–Trinajstić information content (AvgIpc) is 2.98. The number of nitrogens with one attached hydrogen (secondary N) is 1. The molecule has 1 heterocycles. The van der Waals surface area contributed by atoms with Gasteiger partial charge in [-0.05, 0) is 56.7 Å². The molecule has 0 radical (unpaired) electrons. The summed E-state index contributed by atoms with van der Waals surface area (Å²) in [5.74, 6) is 0. The number of nitrogens with zero attached hydrogens (tertiary/aromatic N) is 3. The zero-order valence-corrected chi connectivity index (χ0v) is 21.3. The molecule has 2 aromatic carbocycles. The van der Waals surface area contributed by atoms with Gasteiger partial charge in [0.25, 0.3) is 0 Å². The third-order valence-electron chi connectivity index (χ3n) is 6.10. The van der Waals surface area contributed by atoms with E-state index in [2.05, 4.69) is 12.2 Å². The van der Waals surface area contributed by atoms with Crippen LogP contribution in [0, 0.1) is 0 Å². The van der Waals surface area contributed by atoms with Gasteiger partial charge in [0.15, 0.2) is 6.17 Å². The zero-order valence-electron chi connectivity index (χ0n) is 19.8. The summed E-state index contributed by atoms with van der Waals surface area (Å²) in [6.07, 6.45) is 4.25. The van der Waals surface area contributed by atoms with Gasteiger partial charge in [-0.2, -0.15) is 5.06 Å². The molecule has 1 aliphatic heterocycles. The van der Waals surface area contributed by atoms with Gasteiger partial charge in [-0.15, -0.1) is 0 Å². The van der Waals surface area contributed by atoms with Crippen LogP contribution >= 0.6 is 23.2 Å². The van der Waals surface area contributed by atoms with E-state index in [4.69, 9.17) is 23.2 Å². The van der Waals surface area contributed by atoms with E-state index in [9.17, 15) is 14.8 Å². The first-order valence-corrected chi connectivity index (χ1v) is 12.3. The van der Waals surface area contributed by atoms with Crippen molar-refractivity contribution in [1.82, 2.24) is 9.96 Å². The van der Waals surface area contributed by atoms with Crippen molar-refractivity contribution in [2.24, 2.45) is 0 Å². The van der Waals surface area contributed by atoms with Crippen LogP contribution < -0.4 is 10.2 Å². The quantitative estimate of drug-likeness (QED) is 0.214. The first-order valence-electron chi connectivity index (χ1n) is 11.6. The van der Waals surface area contributed by atoms with Crippen LogP contribution in [0.5, 0.6) is 0 Å². The molecule has 0 aliphatic carbocycles. The van der Waals surface area contributed by atoms with Crippen molar-refractivity contribution in [1.29, 1.82) is 0 Å². The summed E-state index contributed by atoms with van der Waals surface area (Å²) in [4.78, 5) is 29.8. The molecule has 2 aromatic rings. The fraction of sp³-hybridized carbons (Fsp3) is 0.440. The Morgan fingerprint density at radius 2 is 1.71 bits per heavy atom. The molecule has 0 unspecified atom stereocenters. The number of unbranched alkanes of at least 4 members (excludes halogenated alkanes) is 4. The van der Waals surface area contributed by atoms with Gasteiger partial charge >= 0.3 is 12.1 Å². The molecule has 1 fully saturated rings. The number of hydroxylamine groups is 2. The first kappa shape index (κ1) is 26.1. The minimum atomic E-state index is -0.992. The Kier molecular flexibility index (Phi) is 8.68. The van der Waals surface area contributed by atoms with Crippen LogP contribution in [-0.2, 0) is 0 Å². The Morgan fingerprint density at radius 1 is 1.06 bits per heavy atom. The Morgan fingerprint density at radius 3 is 2.35 bits per heavy atom. The van der Waals surface area contributed by atoms with Crippen molar-refractivity contribution in [2.75, 3.05) is 16.8 Å². The Balaban J connectivity index is 1.89. The molecule has 0 bridgehead atoms. The lowest BCUT2D eigenvalue weighted by Gasteiger charge is -2.38. The largest absolute Gasteiger partial charge is 0.347 e. The second-order valence-electron chi connectivity index (χ2n) is 9.01. The highest BCUT2D eigenvalue weighted by molar-refractivity contribution is 6.31. The standard InChI is InChI=1S/C25H32Cl2N4O3/c1-4-5-6-7-8-15-29-24(33)30(21-14-10-12-19(27)17-21)22(25(29,2)3)31(34)23(32)28-20-13-9-11-18(26)16-20/h9-14,16-17,22,34H,4-8,15H2,1-3H3,(H,28,32)/t22-/m1/s1. The smallest absolute Gasteiger partial charge is 0.315 e. The lowest BCUT2D eigenvalue weighted by Crippen LogP contribution is -2.58. The lowest BCUT2D eigenvalue weighted by molar-refractivity contribution is -0.0949. The number of anilines is 2. The van der Waals surface area contributed by atoms with Crippen LogP contribution in [0.3, 0.4) is 0 Å². The number of halogens is 2. The van der Waals surface area contributed by atoms with E-state index in [-0.39, 0.29) is 6.03 Å². The molecule has 9 heteroatoms. The van der Waals surface area contributed by atoms with Crippen molar-refractivity contribution in [3.05, 3.63) is 58.6 Å². The van der Waals surface area contributed by atoms with Crippen LogP contribution in [0.4, 0.5) is 21.0 Å². The predicted molar refractivity (Wildman–Crippen MR) is 137 cm³/mol. The minimum Gasteiger partial charge on any atom is -0.315 e. The predicted octanol–water partition coefficient (Wildman–Crippen LogP) is 7.23. The van der Waals surface area contributed by atoms with Gasteiger partial charge in [0, 0.05) is 28.0 Å². The lowest BCUT2D eigenvalue weighted by atomic mass is 9.99. The van der Waals surface area contributed by atoms with Crippen LogP contribution in [-0.4, -0.2) is 45.5 Å². The molecule has 7 nitrogen and oxygen atoms in total. The number of hydrogen-bond acceptors (Lipinski definition) is 3. The van der Waals surface area contributed by atoms with E-state index >= 15 is 0 Å². The third-order valence-corrected chi connectivity index (χ3v) is 6.57. The minimum absolute atomic E-state index is 0.289. The highest BCUT2D eigenvalue weighted by Gasteiger charge is 2.55. The maximum absolute atomic E-state index is 13.6. The first-order chi connectivity index (χ1) is 16.2. The normalized spacial score (nSPS) is 17.2. The summed E-state index contributed by atoms with van der Waals surface area (Å²) in [5, 5.41) is 15.2. The highest BCUT2D eigenvalue weighted by Crippen LogP contribution is 2.38. The van der Waals surface area contributed by atoms with Crippen molar-refractivity contribution in [3.63, 3.8) is 0 Å². The van der Waals surface area contributed by atoms with Gasteiger partial charge in [0.1, 0.15) is 0 Å². The van der Waals surface area contributed by atoms with E-state index in [1.807, 2.05) is 13.8 Å². The molecule has 184 valence electrons. The SMILES string of the molecule is CCCCCCCN1C(=O)N(c2cccc(Cl)c2)[C@H](N(O)C(=O)Nc2cccc(Cl)c2)C1(C)C. The molecular formula is C25H32Cl2N4O3. The van der Waals surface area contributed by atoms with E-state index in [1.165, 1.54) is 4.90 Å². The molecule has 1 atom stereocenters. The molecule has 1 aliphatic rings. The van der Waals surface area contributed by atoms with E-state index in [0.717, 1.165) is 32.1 Å². The monoisotopic (exact) mass is 506 g/mol. The van der Waals surface area contributed by atoms with Crippen molar-refractivity contribution >= 4 is 46.6 Å². The van der Waals surface area contributed by atoms with E-state index in [0.29, 0.717) is 33.0 Å². The molecule has 2 N–H and O–H groups in total. The molecule has 0 spiro atoms. The fourth-order valence-electron chi connectivity index (χ4n) is 4.34. The van der Waals surface area contributed by atoms with Gasteiger partial charge in [0.05, 0.1) is 5.54 Å². The fourth-order valence-corrected chi connectivity index (χ4v) is 4.71. The highest BCUT2D eigenvalue weighted by atomic mass is 35.5. The van der Waals surface area contributed by atoms with E-state index < -0.39 is 17.7 Å². The van der Waals surface area contributed by atoms with Crippen molar-refractivity contribution in [3.8, 4) is 0 Å². The number of benzene rings is 2. The van der Waals surface area contributed by atoms with Gasteiger partial charge in [-0.3, -0.25) is 10.1 Å². The van der Waals surface area contributed by atoms with Crippen molar-refractivity contribution in [2.45, 2.75) is 64.6 Å². The van der Waals surface area contributed by atoms with Crippen LogP contribution in [0.1, 0.15) is 52.9 Å². The summed E-state index contributed by atoms with van der Waals surface area (Å²) >= 11 is 12.2.